The molecule has 1 aromatic rings. The molecule has 2 rings (SSSR count). The highest BCUT2D eigenvalue weighted by Gasteiger charge is 2.36. The van der Waals surface area contributed by atoms with Crippen LogP contribution >= 0.6 is 10.7 Å². The first-order chi connectivity index (χ1) is 9.40. The van der Waals surface area contributed by atoms with Crippen molar-refractivity contribution < 1.29 is 17.9 Å². The number of halogens is 1. The van der Waals surface area contributed by atoms with Crippen molar-refractivity contribution in [2.75, 3.05) is 20.2 Å². The molecule has 1 heterocycles. The van der Waals surface area contributed by atoms with E-state index in [1.54, 1.807) is 12.0 Å². The van der Waals surface area contributed by atoms with Gasteiger partial charge in [0.1, 0.15) is 11.0 Å². The average Bonchev–Trinajstić information content (AvgIpc) is 2.78. The van der Waals surface area contributed by atoms with Gasteiger partial charge in [0.15, 0.2) is 0 Å². The molecule has 0 N–H and O–H groups in total. The number of amides is 1. The van der Waals surface area contributed by atoms with E-state index >= 15 is 0 Å². The summed E-state index contributed by atoms with van der Waals surface area (Å²) >= 11 is 0. The molecular formula is C13H16ClNO4S. The van der Waals surface area contributed by atoms with Crippen LogP contribution in [0.25, 0.3) is 0 Å². The second kappa shape index (κ2) is 6.01. The number of rotatable bonds is 5. The number of likely N-dealkylation sites (tertiary alicyclic amines) is 1. The molecule has 20 heavy (non-hydrogen) atoms. The Morgan fingerprint density at radius 3 is 2.80 bits per heavy atom. The lowest BCUT2D eigenvalue weighted by Crippen LogP contribution is -2.29. The van der Waals surface area contributed by atoms with E-state index in [9.17, 15) is 13.2 Å². The van der Waals surface area contributed by atoms with Crippen molar-refractivity contribution in [3.8, 4) is 5.75 Å². The number of hydrogen-bond donors (Lipinski definition) is 0. The molecule has 1 aliphatic rings. The van der Waals surface area contributed by atoms with Crippen LogP contribution in [0, 0.1) is 0 Å². The molecule has 7 heteroatoms. The van der Waals surface area contributed by atoms with Gasteiger partial charge in [0.25, 0.3) is 0 Å². The van der Waals surface area contributed by atoms with Crippen molar-refractivity contribution in [3.63, 3.8) is 0 Å². The summed E-state index contributed by atoms with van der Waals surface area (Å²) in [4.78, 5) is 13.3. The Morgan fingerprint density at radius 2 is 2.20 bits per heavy atom. The molecule has 5 nitrogen and oxygen atoms in total. The van der Waals surface area contributed by atoms with Gasteiger partial charge in [-0.05, 0) is 24.1 Å². The SMILES string of the molecule is COc1cccc(CCN2CC(S(=O)(=O)Cl)CC2=O)c1. The summed E-state index contributed by atoms with van der Waals surface area (Å²) in [6.45, 7) is 0.656. The van der Waals surface area contributed by atoms with E-state index < -0.39 is 14.3 Å². The number of carbonyl (C=O) groups is 1. The third-order valence-electron chi connectivity index (χ3n) is 3.38. The molecule has 1 amide bonds. The predicted octanol–water partition coefficient (Wildman–Crippen LogP) is 1.41. The lowest BCUT2D eigenvalue weighted by atomic mass is 10.1. The fraction of sp³-hybridized carbons (Fsp3) is 0.462. The molecule has 0 aliphatic carbocycles. The number of hydrogen-bond acceptors (Lipinski definition) is 4. The maximum Gasteiger partial charge on any atom is 0.237 e. The number of ether oxygens (including phenoxy) is 1. The Kier molecular flexibility index (Phi) is 4.55. The minimum atomic E-state index is -3.67. The summed E-state index contributed by atoms with van der Waals surface area (Å²) in [5.74, 6) is 0.596. The molecule has 1 aliphatic heterocycles. The quantitative estimate of drug-likeness (QED) is 0.770. The van der Waals surface area contributed by atoms with Crippen molar-refractivity contribution in [2.45, 2.75) is 18.1 Å². The summed E-state index contributed by atoms with van der Waals surface area (Å²) in [5, 5.41) is -0.790. The van der Waals surface area contributed by atoms with Gasteiger partial charge in [-0.3, -0.25) is 4.79 Å². The van der Waals surface area contributed by atoms with Gasteiger partial charge in [0.2, 0.25) is 15.0 Å². The van der Waals surface area contributed by atoms with Gasteiger partial charge in [0.05, 0.1) is 7.11 Å². The fourth-order valence-electron chi connectivity index (χ4n) is 2.23. The summed E-state index contributed by atoms with van der Waals surface area (Å²) < 4.78 is 27.6. The van der Waals surface area contributed by atoms with Crippen LogP contribution in [0.2, 0.25) is 0 Å². The highest BCUT2D eigenvalue weighted by Crippen LogP contribution is 2.22. The molecule has 0 radical (unpaired) electrons. The second-order valence-electron chi connectivity index (χ2n) is 4.74. The Balaban J connectivity index is 1.96. The Hall–Kier alpha value is -1.27. The molecule has 0 spiro atoms. The van der Waals surface area contributed by atoms with Crippen molar-refractivity contribution in [3.05, 3.63) is 29.8 Å². The highest BCUT2D eigenvalue weighted by atomic mass is 35.7. The monoisotopic (exact) mass is 317 g/mol. The molecule has 1 aromatic carbocycles. The average molecular weight is 318 g/mol. The predicted molar refractivity (Wildman–Crippen MR) is 76.5 cm³/mol. The molecule has 0 aromatic heterocycles. The first-order valence-corrected chi connectivity index (χ1v) is 8.61. The van der Waals surface area contributed by atoms with Crippen LogP contribution < -0.4 is 4.74 Å². The van der Waals surface area contributed by atoms with Crippen LogP contribution in [-0.4, -0.2) is 44.7 Å². The van der Waals surface area contributed by atoms with Crippen LogP contribution in [0.4, 0.5) is 0 Å². The second-order valence-corrected chi connectivity index (χ2v) is 7.65. The maximum atomic E-state index is 11.8. The largest absolute Gasteiger partial charge is 0.497 e. The van der Waals surface area contributed by atoms with Gasteiger partial charge in [-0.2, -0.15) is 0 Å². The molecule has 110 valence electrons. The van der Waals surface area contributed by atoms with Crippen LogP contribution in [0.3, 0.4) is 0 Å². The van der Waals surface area contributed by atoms with E-state index in [1.807, 2.05) is 24.3 Å². The molecule has 1 saturated heterocycles. The molecule has 0 saturated carbocycles. The van der Waals surface area contributed by atoms with E-state index in [4.69, 9.17) is 15.4 Å². The lowest BCUT2D eigenvalue weighted by Gasteiger charge is -2.16. The van der Waals surface area contributed by atoms with Crippen LogP contribution in [-0.2, 0) is 20.3 Å². The third kappa shape index (κ3) is 3.64. The summed E-state index contributed by atoms with van der Waals surface area (Å²) in [7, 11) is 3.23. The maximum absolute atomic E-state index is 11.8. The first kappa shape index (κ1) is 15.1. The summed E-state index contributed by atoms with van der Waals surface area (Å²) in [6, 6.07) is 7.57. The Morgan fingerprint density at radius 1 is 1.45 bits per heavy atom. The molecule has 1 fully saturated rings. The zero-order valence-corrected chi connectivity index (χ0v) is 12.7. The molecular weight excluding hydrogens is 302 g/mol. The number of carbonyl (C=O) groups excluding carboxylic acids is 1. The first-order valence-electron chi connectivity index (χ1n) is 6.24. The van der Waals surface area contributed by atoms with Gasteiger partial charge in [-0.15, -0.1) is 0 Å². The van der Waals surface area contributed by atoms with Crippen LogP contribution in [0.5, 0.6) is 5.75 Å². The van der Waals surface area contributed by atoms with Crippen molar-refractivity contribution in [1.29, 1.82) is 0 Å². The number of benzene rings is 1. The molecule has 0 bridgehead atoms. The van der Waals surface area contributed by atoms with Crippen LogP contribution in [0.1, 0.15) is 12.0 Å². The minimum Gasteiger partial charge on any atom is -0.497 e. The number of methoxy groups -OCH3 is 1. The topological polar surface area (TPSA) is 63.7 Å². The molecule has 1 unspecified atom stereocenters. The van der Waals surface area contributed by atoms with Crippen molar-refractivity contribution >= 4 is 25.6 Å². The Bertz CT molecular complexity index is 602. The van der Waals surface area contributed by atoms with Gasteiger partial charge in [0, 0.05) is 30.2 Å². The standard InChI is InChI=1S/C13H16ClNO4S/c1-19-11-4-2-3-10(7-11)5-6-15-9-12(8-13(15)16)20(14,17)18/h2-4,7,12H,5-6,8-9H2,1H3. The van der Waals surface area contributed by atoms with E-state index in [-0.39, 0.29) is 18.9 Å². The molecule has 1 atom stereocenters. The van der Waals surface area contributed by atoms with E-state index in [1.165, 1.54) is 0 Å². The Labute approximate surface area is 122 Å². The van der Waals surface area contributed by atoms with Crippen LogP contribution in [0.15, 0.2) is 24.3 Å². The highest BCUT2D eigenvalue weighted by molar-refractivity contribution is 8.14. The van der Waals surface area contributed by atoms with Gasteiger partial charge in [-0.1, -0.05) is 12.1 Å². The van der Waals surface area contributed by atoms with E-state index in [2.05, 4.69) is 0 Å². The lowest BCUT2D eigenvalue weighted by molar-refractivity contribution is -0.127. The minimum absolute atomic E-state index is 0.0239. The van der Waals surface area contributed by atoms with Gasteiger partial charge < -0.3 is 9.64 Å². The van der Waals surface area contributed by atoms with E-state index in [0.29, 0.717) is 13.0 Å². The zero-order chi connectivity index (χ0) is 14.8. The van der Waals surface area contributed by atoms with Gasteiger partial charge >= 0.3 is 0 Å². The third-order valence-corrected chi connectivity index (χ3v) is 5.25. The smallest absolute Gasteiger partial charge is 0.237 e. The zero-order valence-electron chi connectivity index (χ0n) is 11.1. The summed E-state index contributed by atoms with van der Waals surface area (Å²) in [6.07, 6.45) is 0.627. The summed E-state index contributed by atoms with van der Waals surface area (Å²) in [5.41, 5.74) is 1.04. The fourth-order valence-corrected chi connectivity index (χ4v) is 3.29. The van der Waals surface area contributed by atoms with Crippen molar-refractivity contribution in [2.24, 2.45) is 0 Å². The van der Waals surface area contributed by atoms with Crippen molar-refractivity contribution in [1.82, 2.24) is 4.90 Å². The van der Waals surface area contributed by atoms with E-state index in [0.717, 1.165) is 11.3 Å². The normalized spacial score (nSPS) is 19.4. The number of nitrogens with zero attached hydrogens (tertiary/aromatic N) is 1. The van der Waals surface area contributed by atoms with Gasteiger partial charge in [-0.25, -0.2) is 8.42 Å².